The lowest BCUT2D eigenvalue weighted by molar-refractivity contribution is -0.275. The van der Waals surface area contributed by atoms with Crippen LogP contribution < -0.4 is 5.32 Å². The van der Waals surface area contributed by atoms with Gasteiger partial charge in [-0.1, -0.05) is 34.4 Å². The number of rotatable bonds is 4. The molecule has 0 spiro atoms. The smallest absolute Gasteiger partial charge is 0.374 e. The van der Waals surface area contributed by atoms with Gasteiger partial charge in [0.2, 0.25) is 0 Å². The number of nitrogens with one attached hydrogen (secondary N) is 1. The molecule has 1 aliphatic carbocycles. The summed E-state index contributed by atoms with van der Waals surface area (Å²) in [6.07, 6.45) is -3.41. The fourth-order valence-electron chi connectivity index (χ4n) is 3.81. The van der Waals surface area contributed by atoms with Crippen molar-refractivity contribution in [2.45, 2.75) is 37.1 Å². The molecule has 1 unspecified atom stereocenters. The molecule has 2 aliphatic rings. The van der Waals surface area contributed by atoms with Gasteiger partial charge < -0.3 is 10.2 Å². The van der Waals surface area contributed by atoms with E-state index in [1.54, 1.807) is 23.6 Å². The third-order valence-corrected chi connectivity index (χ3v) is 6.98. The van der Waals surface area contributed by atoms with Gasteiger partial charge in [-0.05, 0) is 48.6 Å². The van der Waals surface area contributed by atoms with Crippen molar-refractivity contribution in [3.63, 3.8) is 0 Å². The molecule has 1 aliphatic heterocycles. The Balaban J connectivity index is 1.54. The van der Waals surface area contributed by atoms with Gasteiger partial charge in [-0.15, -0.1) is 11.3 Å². The van der Waals surface area contributed by atoms with Crippen molar-refractivity contribution in [1.82, 2.24) is 5.32 Å². The number of thiophene rings is 1. The minimum Gasteiger partial charge on any atom is -0.374 e. The van der Waals surface area contributed by atoms with E-state index in [4.69, 9.17) is 28.0 Å². The molecule has 1 saturated carbocycles. The Morgan fingerprint density at radius 2 is 1.88 bits per heavy atom. The second kappa shape index (κ2) is 7.64. The lowest BCUT2D eigenvalue weighted by Crippen LogP contribution is -2.42. The fraction of sp³-hybridized carbons (Fsp3) is 0.273. The zero-order chi connectivity index (χ0) is 22.7. The summed E-state index contributed by atoms with van der Waals surface area (Å²) >= 11 is 13.3. The molecule has 1 fully saturated rings. The first-order chi connectivity index (χ1) is 15.2. The van der Waals surface area contributed by atoms with Gasteiger partial charge in [-0.3, -0.25) is 4.79 Å². The lowest BCUT2D eigenvalue weighted by Gasteiger charge is -2.29. The van der Waals surface area contributed by atoms with Crippen LogP contribution in [0.15, 0.2) is 46.9 Å². The van der Waals surface area contributed by atoms with Crippen LogP contribution >= 0.6 is 34.5 Å². The Kier molecular flexibility index (Phi) is 5.15. The minimum absolute atomic E-state index is 0.0693. The predicted molar refractivity (Wildman–Crippen MR) is 119 cm³/mol. The van der Waals surface area contributed by atoms with Crippen LogP contribution in [0.5, 0.6) is 0 Å². The van der Waals surface area contributed by atoms with Crippen LogP contribution in [0.25, 0.3) is 10.1 Å². The van der Waals surface area contributed by atoms with E-state index in [2.05, 4.69) is 10.5 Å². The van der Waals surface area contributed by atoms with Crippen LogP contribution in [0.2, 0.25) is 10.0 Å². The highest BCUT2D eigenvalue weighted by atomic mass is 35.5. The van der Waals surface area contributed by atoms with Crippen LogP contribution in [0.1, 0.15) is 40.7 Å². The topological polar surface area (TPSA) is 50.7 Å². The number of hydrogen-bond donors (Lipinski definition) is 1. The van der Waals surface area contributed by atoms with Crippen LogP contribution in [0.3, 0.4) is 0 Å². The maximum atomic E-state index is 14.3. The molecule has 1 atom stereocenters. The minimum atomic E-state index is -4.77. The maximum Gasteiger partial charge on any atom is 0.435 e. The van der Waals surface area contributed by atoms with Gasteiger partial charge in [0.15, 0.2) is 0 Å². The first-order valence-corrected chi connectivity index (χ1v) is 11.4. The summed E-state index contributed by atoms with van der Waals surface area (Å²) in [7, 11) is 0. The van der Waals surface area contributed by atoms with Gasteiger partial charge in [0.25, 0.3) is 11.5 Å². The van der Waals surface area contributed by atoms with Gasteiger partial charge in [0, 0.05) is 42.9 Å². The summed E-state index contributed by atoms with van der Waals surface area (Å²) < 4.78 is 43.5. The molecule has 4 nitrogen and oxygen atoms in total. The fourth-order valence-corrected chi connectivity index (χ4v) is 5.30. The number of hydrogen-bond acceptors (Lipinski definition) is 4. The summed E-state index contributed by atoms with van der Waals surface area (Å²) in [5, 5.41) is 9.39. The van der Waals surface area contributed by atoms with E-state index in [9.17, 15) is 18.0 Å². The molecule has 5 rings (SSSR count). The number of benzene rings is 2. The number of amides is 1. The summed E-state index contributed by atoms with van der Waals surface area (Å²) in [6.45, 7) is 0. The van der Waals surface area contributed by atoms with Crippen LogP contribution in [-0.2, 0) is 10.4 Å². The highest BCUT2D eigenvalue weighted by Gasteiger charge is 2.62. The molecule has 2 aromatic carbocycles. The van der Waals surface area contributed by atoms with Gasteiger partial charge in [0.05, 0.1) is 12.1 Å². The van der Waals surface area contributed by atoms with Gasteiger partial charge >= 0.3 is 6.18 Å². The first-order valence-electron chi connectivity index (χ1n) is 9.78. The largest absolute Gasteiger partial charge is 0.435 e. The zero-order valence-electron chi connectivity index (χ0n) is 16.3. The Bertz CT molecular complexity index is 1250. The molecule has 166 valence electrons. The van der Waals surface area contributed by atoms with E-state index >= 15 is 0 Å². The number of oxime groups is 1. The average molecular weight is 499 g/mol. The van der Waals surface area contributed by atoms with Gasteiger partial charge in [-0.25, -0.2) is 0 Å². The van der Waals surface area contributed by atoms with Crippen LogP contribution in [-0.4, -0.2) is 23.8 Å². The summed E-state index contributed by atoms with van der Waals surface area (Å²) in [6, 6.07) is 8.95. The molecule has 3 aromatic rings. The van der Waals surface area contributed by atoms with E-state index in [0.29, 0.717) is 21.2 Å². The second-order valence-corrected chi connectivity index (χ2v) is 9.65. The highest BCUT2D eigenvalue weighted by Crippen LogP contribution is 2.50. The molecular formula is C22H15Cl2F3N2O2S. The Morgan fingerprint density at radius 1 is 1.16 bits per heavy atom. The number of fused-ring (bicyclic) bond motifs is 1. The molecule has 1 aromatic heterocycles. The SMILES string of the molecule is O=C(NC1CC1)c1ccc(C2=NOC(c3cc(Cl)cc(Cl)c3)(C(F)(F)F)C2)c2sccc12. The molecule has 1 amide bonds. The highest BCUT2D eigenvalue weighted by molar-refractivity contribution is 7.17. The monoisotopic (exact) mass is 498 g/mol. The molecule has 2 heterocycles. The third-order valence-electron chi connectivity index (χ3n) is 5.60. The van der Waals surface area contributed by atoms with E-state index < -0.39 is 18.2 Å². The van der Waals surface area contributed by atoms with Crippen molar-refractivity contribution in [1.29, 1.82) is 0 Å². The van der Waals surface area contributed by atoms with Crippen molar-refractivity contribution in [2.75, 3.05) is 0 Å². The van der Waals surface area contributed by atoms with Crippen molar-refractivity contribution in [3.05, 3.63) is 68.5 Å². The number of carbonyl (C=O) groups excluding carboxylic acids is 1. The van der Waals surface area contributed by atoms with Crippen molar-refractivity contribution < 1.29 is 22.8 Å². The number of nitrogens with zero attached hydrogens (tertiary/aromatic N) is 1. The summed E-state index contributed by atoms with van der Waals surface area (Å²) in [5.41, 5.74) is -1.80. The van der Waals surface area contributed by atoms with Gasteiger partial charge in [0.1, 0.15) is 0 Å². The van der Waals surface area contributed by atoms with Crippen LogP contribution in [0.4, 0.5) is 13.2 Å². The molecule has 0 radical (unpaired) electrons. The number of halogens is 5. The van der Waals surface area contributed by atoms with Gasteiger partial charge in [-0.2, -0.15) is 13.2 Å². The molecule has 10 heteroatoms. The third kappa shape index (κ3) is 3.64. The molecular weight excluding hydrogens is 484 g/mol. The van der Waals surface area contributed by atoms with Crippen molar-refractivity contribution >= 4 is 56.2 Å². The van der Waals surface area contributed by atoms with E-state index in [1.165, 1.54) is 29.5 Å². The quantitative estimate of drug-likeness (QED) is 0.435. The second-order valence-electron chi connectivity index (χ2n) is 7.86. The summed E-state index contributed by atoms with van der Waals surface area (Å²) in [5.74, 6) is -0.190. The van der Waals surface area contributed by atoms with E-state index in [1.807, 2.05) is 0 Å². The first kappa shape index (κ1) is 21.6. The standard InChI is InChI=1S/C22H15Cl2F3N2O2S/c23-12-7-11(8-13(24)9-12)21(22(25,26)27)10-18(29-31-21)17-4-3-16(15-5-6-32-19(15)17)20(30)28-14-1-2-14/h3-9,14H,1-2,10H2,(H,28,30). The lowest BCUT2D eigenvalue weighted by atomic mass is 9.86. The number of carbonyl (C=O) groups is 1. The Morgan fingerprint density at radius 3 is 2.53 bits per heavy atom. The average Bonchev–Trinajstić information content (AvgIpc) is 3.21. The molecule has 1 N–H and O–H groups in total. The Labute approximate surface area is 194 Å². The van der Waals surface area contributed by atoms with Crippen LogP contribution in [0, 0.1) is 0 Å². The van der Waals surface area contributed by atoms with Crippen molar-refractivity contribution in [2.24, 2.45) is 5.16 Å². The van der Waals surface area contributed by atoms with E-state index in [-0.39, 0.29) is 33.3 Å². The van der Waals surface area contributed by atoms with Crippen molar-refractivity contribution in [3.8, 4) is 0 Å². The maximum absolute atomic E-state index is 14.3. The molecule has 0 saturated heterocycles. The predicted octanol–water partition coefficient (Wildman–Crippen LogP) is 6.68. The normalized spacial score (nSPS) is 20.8. The Hall–Kier alpha value is -2.29. The zero-order valence-corrected chi connectivity index (χ0v) is 18.6. The summed E-state index contributed by atoms with van der Waals surface area (Å²) in [4.78, 5) is 17.7. The molecule has 32 heavy (non-hydrogen) atoms. The van der Waals surface area contributed by atoms with E-state index in [0.717, 1.165) is 12.8 Å². The number of alkyl halides is 3. The molecule has 0 bridgehead atoms.